The zero-order valence-electron chi connectivity index (χ0n) is 37.1. The van der Waals surface area contributed by atoms with Crippen molar-refractivity contribution >= 4 is 81.8 Å². The highest BCUT2D eigenvalue weighted by Gasteiger charge is 2.34. The van der Waals surface area contributed by atoms with Gasteiger partial charge in [0.25, 0.3) is 0 Å². The zero-order valence-corrected chi connectivity index (χ0v) is 38.7. The van der Waals surface area contributed by atoms with E-state index in [1.807, 2.05) is 36.8 Å². The van der Waals surface area contributed by atoms with Gasteiger partial charge in [0.15, 0.2) is 5.96 Å². The quantitative estimate of drug-likeness (QED) is 0.0256. The molecule has 0 fully saturated rings. The molecule has 0 unspecified atom stereocenters. The third kappa shape index (κ3) is 17.8. The molecule has 0 aliphatic rings. The first kappa shape index (κ1) is 53.3. The minimum atomic E-state index is -1.36. The maximum atomic E-state index is 14.3. The molecule has 0 saturated heterocycles. The third-order valence-electron chi connectivity index (χ3n) is 10.2. The first-order valence-electron chi connectivity index (χ1n) is 21.1. The number of nitrogens with one attached hydrogen (secondary N) is 7. The van der Waals surface area contributed by atoms with Crippen molar-refractivity contribution in [3.05, 3.63) is 65.9 Å². The minimum Gasteiger partial charge on any atom is -0.508 e. The van der Waals surface area contributed by atoms with E-state index >= 15 is 0 Å². The van der Waals surface area contributed by atoms with E-state index < -0.39 is 90.1 Å². The zero-order chi connectivity index (χ0) is 48.1. The van der Waals surface area contributed by atoms with E-state index in [1.54, 1.807) is 32.2 Å². The summed E-state index contributed by atoms with van der Waals surface area (Å²) in [7, 11) is 0. The summed E-state index contributed by atoms with van der Waals surface area (Å²) in [4.78, 5) is 102. The Bertz CT molecular complexity index is 2100. The number of nitrogens with two attached hydrogens (primary N) is 3. The second kappa shape index (κ2) is 27.4. The summed E-state index contributed by atoms with van der Waals surface area (Å²) in [5, 5.41) is 36.5. The number of phenols is 1. The molecule has 15 N–H and O–H groups in total. The smallest absolute Gasteiger partial charge is 0.326 e. The van der Waals surface area contributed by atoms with Crippen LogP contribution in [0.4, 0.5) is 0 Å². The van der Waals surface area contributed by atoms with Crippen molar-refractivity contribution in [1.82, 2.24) is 36.9 Å². The lowest BCUT2D eigenvalue weighted by atomic mass is 10.0. The van der Waals surface area contributed by atoms with Crippen LogP contribution in [0.25, 0.3) is 10.9 Å². The van der Waals surface area contributed by atoms with Crippen molar-refractivity contribution in [1.29, 1.82) is 0 Å². The Morgan fingerprint density at radius 3 is 1.82 bits per heavy atom. The van der Waals surface area contributed by atoms with E-state index in [2.05, 4.69) is 41.9 Å². The van der Waals surface area contributed by atoms with E-state index in [9.17, 15) is 43.8 Å². The third-order valence-corrected chi connectivity index (χ3v) is 11.5. The molecule has 1 heterocycles. The van der Waals surface area contributed by atoms with Crippen molar-refractivity contribution in [3.8, 4) is 5.75 Å². The summed E-state index contributed by atoms with van der Waals surface area (Å²) >= 11 is 2.83. The molecule has 356 valence electrons. The van der Waals surface area contributed by atoms with E-state index in [0.717, 1.165) is 10.9 Å². The Morgan fingerprint density at radius 1 is 0.692 bits per heavy atom. The average molecular weight is 942 g/mol. The first-order chi connectivity index (χ1) is 31.0. The van der Waals surface area contributed by atoms with Gasteiger partial charge in [-0.3, -0.25) is 33.8 Å². The molecule has 0 radical (unpaired) electrons. The van der Waals surface area contributed by atoms with E-state index in [-0.39, 0.29) is 56.8 Å². The van der Waals surface area contributed by atoms with Gasteiger partial charge >= 0.3 is 5.97 Å². The second-order valence-corrected chi connectivity index (χ2v) is 17.6. The van der Waals surface area contributed by atoms with E-state index in [1.165, 1.54) is 35.7 Å². The van der Waals surface area contributed by atoms with Crippen LogP contribution in [-0.4, -0.2) is 136 Å². The molecule has 1 aromatic heterocycles. The van der Waals surface area contributed by atoms with Crippen molar-refractivity contribution in [2.45, 2.75) is 88.6 Å². The summed E-state index contributed by atoms with van der Waals surface area (Å²) in [6.45, 7) is 3.06. The SMILES string of the molecule is CSCC[C@H](NC(=O)[C@@H](NC(=O)[C@H](CCSC)NC(=O)[C@H](Cc1ccc(O)cc1)NC(=O)[C@H](CCCN=C(N)N)NC(=O)[C@H](Cc1c[nH]c2ccccc12)NC(=O)CN)C(C)C)C(=O)O. The van der Waals surface area contributed by atoms with Crippen LogP contribution in [0.1, 0.15) is 50.7 Å². The number of carbonyl (C=O) groups excluding carboxylic acids is 6. The van der Waals surface area contributed by atoms with Crippen LogP contribution >= 0.6 is 23.5 Å². The van der Waals surface area contributed by atoms with Gasteiger partial charge in [-0.2, -0.15) is 23.5 Å². The highest BCUT2D eigenvalue weighted by molar-refractivity contribution is 7.98. The second-order valence-electron chi connectivity index (χ2n) is 15.6. The number of rotatable bonds is 28. The van der Waals surface area contributed by atoms with Crippen LogP contribution < -0.4 is 49.1 Å². The Balaban J connectivity index is 1.94. The summed E-state index contributed by atoms with van der Waals surface area (Å²) in [6.07, 6.45) is 5.73. The number of phenolic OH excluding ortho intramolecular Hbond substituents is 1. The number of para-hydroxylation sites is 1. The number of fused-ring (bicyclic) bond motifs is 1. The molecule has 20 nitrogen and oxygen atoms in total. The lowest BCUT2D eigenvalue weighted by molar-refractivity contribution is -0.142. The van der Waals surface area contributed by atoms with Gasteiger partial charge < -0.3 is 64.3 Å². The normalized spacial score (nSPS) is 13.9. The molecule has 0 aliphatic heterocycles. The van der Waals surface area contributed by atoms with Crippen molar-refractivity contribution in [3.63, 3.8) is 0 Å². The molecule has 22 heteroatoms. The van der Waals surface area contributed by atoms with E-state index in [0.29, 0.717) is 22.6 Å². The Kier molecular flexibility index (Phi) is 22.4. The van der Waals surface area contributed by atoms with Crippen LogP contribution in [-0.2, 0) is 46.4 Å². The van der Waals surface area contributed by atoms with Crippen LogP contribution in [0.2, 0.25) is 0 Å². The maximum absolute atomic E-state index is 14.3. The molecule has 6 atom stereocenters. The molecule has 65 heavy (non-hydrogen) atoms. The van der Waals surface area contributed by atoms with Crippen LogP contribution in [0.15, 0.2) is 59.7 Å². The topological polar surface area (TPSA) is 338 Å². The number of carboxylic acid groups (broad SMARTS) is 1. The number of benzene rings is 2. The van der Waals surface area contributed by atoms with Crippen molar-refractivity contribution in [2.75, 3.05) is 37.1 Å². The predicted molar refractivity (Wildman–Crippen MR) is 253 cm³/mol. The molecular weight excluding hydrogens is 879 g/mol. The Labute approximate surface area is 386 Å². The van der Waals surface area contributed by atoms with Gasteiger partial charge in [-0.15, -0.1) is 0 Å². The molecule has 2 aromatic carbocycles. The summed E-state index contributed by atoms with van der Waals surface area (Å²) in [5.74, 6) is -5.32. The first-order valence-corrected chi connectivity index (χ1v) is 23.9. The number of aromatic nitrogens is 1. The number of hydrogen-bond donors (Lipinski definition) is 12. The average Bonchev–Trinajstić information content (AvgIpc) is 3.68. The van der Waals surface area contributed by atoms with Crippen LogP contribution in [0.3, 0.4) is 0 Å². The number of aliphatic imine (C=N–C) groups is 1. The van der Waals surface area contributed by atoms with Gasteiger partial charge in [0, 0.05) is 36.5 Å². The summed E-state index contributed by atoms with van der Waals surface area (Å²) in [6, 6.07) is 5.96. The van der Waals surface area contributed by atoms with Gasteiger partial charge in [-0.05, 0) is 84.9 Å². The maximum Gasteiger partial charge on any atom is 0.326 e. The lowest BCUT2D eigenvalue weighted by Gasteiger charge is -2.28. The molecule has 0 bridgehead atoms. The highest BCUT2D eigenvalue weighted by atomic mass is 32.2. The van der Waals surface area contributed by atoms with Gasteiger partial charge in [0.05, 0.1) is 6.54 Å². The number of carboxylic acids is 1. The van der Waals surface area contributed by atoms with Crippen LogP contribution in [0, 0.1) is 5.92 Å². The fourth-order valence-electron chi connectivity index (χ4n) is 6.70. The number of amides is 6. The number of carbonyl (C=O) groups is 7. The number of guanidine groups is 1. The van der Waals surface area contributed by atoms with Gasteiger partial charge in [-0.1, -0.05) is 44.2 Å². The molecule has 6 amide bonds. The fourth-order valence-corrected chi connectivity index (χ4v) is 7.64. The van der Waals surface area contributed by atoms with Gasteiger partial charge in [0.2, 0.25) is 35.4 Å². The largest absolute Gasteiger partial charge is 0.508 e. The van der Waals surface area contributed by atoms with Gasteiger partial charge in [-0.25, -0.2) is 4.79 Å². The predicted octanol–water partition coefficient (Wildman–Crippen LogP) is -0.173. The number of hydrogen-bond acceptors (Lipinski definition) is 12. The standard InChI is InChI=1S/C43H63N11O9S2/c1-24(2)36(41(61)52-32(42(62)63)16-19-65-4)54-38(58)31(15-18-64-3)51-39(59)33(20-25-11-13-27(55)14-12-25)53-37(57)30(10-7-17-47-43(45)46)50-40(60)34(49-35(56)22-44)21-26-23-48-29-9-6-5-8-28(26)29/h5-6,8-9,11-14,23-24,30-34,36,48,55H,7,10,15-22,44H2,1-4H3,(H,49,56)(H,50,60)(H,51,59)(H,52,61)(H,53,57)(H,54,58)(H,62,63)(H4,45,46,47)/t30-,31-,32-,33-,34-,36-/m0/s1. The highest BCUT2D eigenvalue weighted by Crippen LogP contribution is 2.20. The van der Waals surface area contributed by atoms with E-state index in [4.69, 9.17) is 17.2 Å². The van der Waals surface area contributed by atoms with Crippen molar-refractivity contribution < 1.29 is 43.8 Å². The molecule has 3 rings (SSSR count). The number of aromatic hydroxyl groups is 1. The number of nitrogens with zero attached hydrogens (tertiary/aromatic N) is 1. The molecule has 0 saturated carbocycles. The molecule has 0 aliphatic carbocycles. The minimum absolute atomic E-state index is 0.00995. The number of aromatic amines is 1. The number of thioether (sulfide) groups is 2. The molecular formula is C43H63N11O9S2. The number of H-pyrrole nitrogens is 1. The molecule has 3 aromatic rings. The van der Waals surface area contributed by atoms with Gasteiger partial charge in [0.1, 0.15) is 42.0 Å². The Morgan fingerprint density at radius 2 is 1.23 bits per heavy atom. The monoisotopic (exact) mass is 941 g/mol. The summed E-state index contributed by atoms with van der Waals surface area (Å²) in [5.41, 5.74) is 18.7. The van der Waals surface area contributed by atoms with Crippen molar-refractivity contribution in [2.24, 2.45) is 28.1 Å². The molecule has 0 spiro atoms. The summed E-state index contributed by atoms with van der Waals surface area (Å²) < 4.78 is 0. The lowest BCUT2D eigenvalue weighted by Crippen LogP contribution is -2.60. The fraction of sp³-hybridized carbons (Fsp3) is 0.488. The number of aliphatic carboxylic acids is 1. The van der Waals surface area contributed by atoms with Crippen LogP contribution in [0.5, 0.6) is 5.75 Å². The Hall–Kier alpha value is -6.00.